The van der Waals surface area contributed by atoms with Crippen molar-refractivity contribution in [2.45, 2.75) is 82.4 Å². The predicted octanol–water partition coefficient (Wildman–Crippen LogP) is 4.96. The highest BCUT2D eigenvalue weighted by Gasteiger charge is 2.43. The van der Waals surface area contributed by atoms with Crippen LogP contribution in [-0.4, -0.2) is 28.6 Å². The van der Waals surface area contributed by atoms with E-state index in [1.54, 1.807) is 6.07 Å². The Kier molecular flexibility index (Phi) is 7.37. The zero-order valence-corrected chi connectivity index (χ0v) is 16.1. The number of phenols is 1. The maximum atomic E-state index is 14.3. The summed E-state index contributed by atoms with van der Waals surface area (Å²) in [6.07, 6.45) is 11.7. The Balaban J connectivity index is 0.00000100. The molecule has 2 N–H and O–H groups in total. The Labute approximate surface area is 146 Å². The molecule has 4 heteroatoms. The standard InChI is InChI=1S/C19H29O2P.CH4O/c1-15-12-13-18(20)19(14-15)22(21,16-8-4-2-5-9-16)17-10-6-3-7-11-17;1-2/h12-14,16-17,20H,2-11H2,1H3;2H,1H3. The number of aliphatic hydroxyl groups excluding tert-OH is 1. The smallest absolute Gasteiger partial charge is 0.126 e. The van der Waals surface area contributed by atoms with Crippen LogP contribution in [0.5, 0.6) is 5.75 Å². The number of aliphatic hydroxyl groups is 1. The first-order valence-electron chi connectivity index (χ1n) is 9.46. The van der Waals surface area contributed by atoms with Crippen LogP contribution in [0.25, 0.3) is 0 Å². The molecule has 0 radical (unpaired) electrons. The lowest BCUT2D eigenvalue weighted by molar-refractivity contribution is 0.399. The van der Waals surface area contributed by atoms with Crippen molar-refractivity contribution in [3.05, 3.63) is 23.8 Å². The summed E-state index contributed by atoms with van der Waals surface area (Å²) in [4.78, 5) is 0. The third-order valence-corrected chi connectivity index (χ3v) is 10.1. The van der Waals surface area contributed by atoms with Gasteiger partial charge < -0.3 is 14.8 Å². The molecule has 0 unspecified atom stereocenters. The first-order chi connectivity index (χ1) is 11.6. The summed E-state index contributed by atoms with van der Waals surface area (Å²) in [5.74, 6) is 0.269. The molecule has 0 heterocycles. The van der Waals surface area contributed by atoms with Crippen LogP contribution in [-0.2, 0) is 4.57 Å². The van der Waals surface area contributed by atoms with Crippen molar-refractivity contribution in [3.8, 4) is 5.75 Å². The third-order valence-electron chi connectivity index (χ3n) is 5.74. The van der Waals surface area contributed by atoms with E-state index < -0.39 is 7.14 Å². The molecule has 0 aliphatic heterocycles. The molecule has 136 valence electrons. The van der Waals surface area contributed by atoms with E-state index in [1.165, 1.54) is 38.5 Å². The van der Waals surface area contributed by atoms with Gasteiger partial charge in [-0.3, -0.25) is 0 Å². The molecular formula is C20H33O3P. The fourth-order valence-electron chi connectivity index (χ4n) is 4.53. The minimum atomic E-state index is -2.54. The van der Waals surface area contributed by atoms with Gasteiger partial charge in [-0.1, -0.05) is 50.2 Å². The Hall–Kier alpha value is -0.790. The Bertz CT molecular complexity index is 536. The van der Waals surface area contributed by atoms with E-state index in [1.807, 2.05) is 19.1 Å². The third kappa shape index (κ3) is 4.06. The molecule has 3 rings (SSSR count). The van der Waals surface area contributed by atoms with Gasteiger partial charge in [0.1, 0.15) is 12.9 Å². The van der Waals surface area contributed by atoms with Crippen molar-refractivity contribution in [2.75, 3.05) is 7.11 Å². The second kappa shape index (κ2) is 9.06. The van der Waals surface area contributed by atoms with Crippen LogP contribution < -0.4 is 5.30 Å². The molecule has 1 aromatic rings. The average Bonchev–Trinajstić information content (AvgIpc) is 2.66. The Morgan fingerprint density at radius 3 is 1.79 bits per heavy atom. The molecule has 0 aromatic heterocycles. The lowest BCUT2D eigenvalue weighted by Crippen LogP contribution is -2.30. The number of hydrogen-bond donors (Lipinski definition) is 2. The number of rotatable bonds is 3. The van der Waals surface area contributed by atoms with Crippen LogP contribution >= 0.6 is 7.14 Å². The number of benzene rings is 1. The zero-order chi connectivity index (χ0) is 17.6. The van der Waals surface area contributed by atoms with Crippen LogP contribution in [0.15, 0.2) is 18.2 Å². The van der Waals surface area contributed by atoms with Gasteiger partial charge >= 0.3 is 0 Å². The van der Waals surface area contributed by atoms with E-state index in [-0.39, 0.29) is 5.75 Å². The Morgan fingerprint density at radius 1 is 0.875 bits per heavy atom. The second-order valence-electron chi connectivity index (χ2n) is 7.29. The minimum absolute atomic E-state index is 0.269. The number of aryl methyl sites for hydroxylation is 1. The zero-order valence-electron chi connectivity index (χ0n) is 15.2. The highest BCUT2D eigenvalue weighted by atomic mass is 31.2. The van der Waals surface area contributed by atoms with E-state index in [0.717, 1.165) is 43.7 Å². The molecule has 3 nitrogen and oxygen atoms in total. The van der Waals surface area contributed by atoms with Crippen molar-refractivity contribution in [1.29, 1.82) is 0 Å². The van der Waals surface area contributed by atoms with Gasteiger partial charge in [0, 0.05) is 18.4 Å². The summed E-state index contributed by atoms with van der Waals surface area (Å²) < 4.78 is 14.3. The first-order valence-corrected chi connectivity index (χ1v) is 11.3. The van der Waals surface area contributed by atoms with Crippen molar-refractivity contribution < 1.29 is 14.8 Å². The van der Waals surface area contributed by atoms with E-state index in [2.05, 4.69) is 0 Å². The van der Waals surface area contributed by atoms with Gasteiger partial charge in [0.05, 0.1) is 5.30 Å². The summed E-state index contributed by atoms with van der Waals surface area (Å²) in [6, 6.07) is 5.69. The molecule has 2 fully saturated rings. The fraction of sp³-hybridized carbons (Fsp3) is 0.700. The average molecular weight is 352 g/mol. The Morgan fingerprint density at radius 2 is 1.33 bits per heavy atom. The molecule has 2 aliphatic rings. The molecular weight excluding hydrogens is 319 g/mol. The highest BCUT2D eigenvalue weighted by molar-refractivity contribution is 7.73. The number of aromatic hydroxyl groups is 1. The molecule has 2 saturated carbocycles. The molecule has 0 spiro atoms. The summed E-state index contributed by atoms with van der Waals surface area (Å²) in [5.41, 5.74) is 1.72. The SMILES string of the molecule is CO.Cc1ccc(O)c(P(=O)(C2CCCCC2)C2CCCCC2)c1. The molecule has 0 amide bonds. The summed E-state index contributed by atoms with van der Waals surface area (Å²) >= 11 is 0. The van der Waals surface area contributed by atoms with Gasteiger partial charge in [-0.2, -0.15) is 0 Å². The molecule has 0 atom stereocenters. The van der Waals surface area contributed by atoms with E-state index in [9.17, 15) is 9.67 Å². The quantitative estimate of drug-likeness (QED) is 0.756. The van der Waals surface area contributed by atoms with Crippen molar-refractivity contribution >= 4 is 12.4 Å². The summed E-state index contributed by atoms with van der Waals surface area (Å²) in [7, 11) is -1.54. The molecule has 0 saturated heterocycles. The van der Waals surface area contributed by atoms with E-state index in [0.29, 0.717) is 11.3 Å². The maximum absolute atomic E-state index is 14.3. The topological polar surface area (TPSA) is 57.5 Å². The monoisotopic (exact) mass is 352 g/mol. The van der Waals surface area contributed by atoms with Gasteiger partial charge in [0.25, 0.3) is 0 Å². The summed E-state index contributed by atoms with van der Waals surface area (Å²) in [6.45, 7) is 2.04. The maximum Gasteiger partial charge on any atom is 0.126 e. The van der Waals surface area contributed by atoms with Gasteiger partial charge in [-0.15, -0.1) is 0 Å². The second-order valence-corrected chi connectivity index (χ2v) is 10.6. The van der Waals surface area contributed by atoms with Crippen molar-refractivity contribution in [2.24, 2.45) is 0 Å². The molecule has 1 aromatic carbocycles. The van der Waals surface area contributed by atoms with Gasteiger partial charge in [-0.25, -0.2) is 0 Å². The van der Waals surface area contributed by atoms with Gasteiger partial charge in [0.2, 0.25) is 0 Å². The first kappa shape index (κ1) is 19.5. The largest absolute Gasteiger partial charge is 0.507 e. The lowest BCUT2D eigenvalue weighted by atomic mass is 9.99. The highest BCUT2D eigenvalue weighted by Crippen LogP contribution is 2.62. The number of hydrogen-bond acceptors (Lipinski definition) is 3. The summed E-state index contributed by atoms with van der Waals surface area (Å²) in [5, 5.41) is 18.3. The van der Waals surface area contributed by atoms with E-state index >= 15 is 0 Å². The van der Waals surface area contributed by atoms with Gasteiger partial charge in [0.15, 0.2) is 0 Å². The normalized spacial score (nSPS) is 20.3. The van der Waals surface area contributed by atoms with Crippen molar-refractivity contribution in [1.82, 2.24) is 0 Å². The molecule has 2 aliphatic carbocycles. The lowest BCUT2D eigenvalue weighted by Gasteiger charge is -2.38. The molecule has 24 heavy (non-hydrogen) atoms. The van der Waals surface area contributed by atoms with Crippen molar-refractivity contribution in [3.63, 3.8) is 0 Å². The fourth-order valence-corrected chi connectivity index (χ4v) is 9.02. The molecule has 0 bridgehead atoms. The van der Waals surface area contributed by atoms with E-state index in [4.69, 9.17) is 5.11 Å². The van der Waals surface area contributed by atoms with Crippen LogP contribution in [0.3, 0.4) is 0 Å². The minimum Gasteiger partial charge on any atom is -0.507 e. The van der Waals surface area contributed by atoms with Crippen LogP contribution in [0.2, 0.25) is 0 Å². The number of phenolic OH excluding ortho intramolecular Hbond substituents is 1. The van der Waals surface area contributed by atoms with Gasteiger partial charge in [-0.05, 0) is 44.7 Å². The predicted molar refractivity (Wildman–Crippen MR) is 102 cm³/mol. The van der Waals surface area contributed by atoms with Crippen LogP contribution in [0.4, 0.5) is 0 Å². The van der Waals surface area contributed by atoms with Crippen LogP contribution in [0, 0.1) is 6.92 Å². The van der Waals surface area contributed by atoms with Crippen LogP contribution in [0.1, 0.15) is 69.8 Å².